The summed E-state index contributed by atoms with van der Waals surface area (Å²) in [6, 6.07) is 7.82. The van der Waals surface area contributed by atoms with E-state index in [1.165, 1.54) is 0 Å². The van der Waals surface area contributed by atoms with E-state index in [1.807, 2.05) is 24.3 Å². The molecule has 0 saturated heterocycles. The number of nitrogens with two attached hydrogens (primary N) is 1. The minimum absolute atomic E-state index is 0.0824. The highest BCUT2D eigenvalue weighted by Gasteiger charge is 2.22. The second kappa shape index (κ2) is 7.85. The third-order valence-electron chi connectivity index (χ3n) is 3.79. The number of carbonyl (C=O) groups is 1. The van der Waals surface area contributed by atoms with E-state index >= 15 is 0 Å². The molecule has 0 bridgehead atoms. The van der Waals surface area contributed by atoms with Crippen LogP contribution in [0.1, 0.15) is 45.2 Å². The molecule has 0 saturated carbocycles. The zero-order valence-corrected chi connectivity index (χ0v) is 13.5. The fraction of sp³-hybridized carbons (Fsp3) is 0.500. The summed E-state index contributed by atoms with van der Waals surface area (Å²) in [5.74, 6) is 6.31. The summed E-state index contributed by atoms with van der Waals surface area (Å²) in [5, 5.41) is 2.98. The van der Waals surface area contributed by atoms with Crippen LogP contribution in [0.25, 0.3) is 0 Å². The van der Waals surface area contributed by atoms with Gasteiger partial charge in [0.25, 0.3) is 0 Å². The summed E-state index contributed by atoms with van der Waals surface area (Å²) < 4.78 is 0. The summed E-state index contributed by atoms with van der Waals surface area (Å²) in [4.78, 5) is 12.0. The molecule has 3 nitrogen and oxygen atoms in total. The SMILES string of the molecule is CC(CC(=O)NCc1ccccc1C#CCN)C(C)(C)C. The first kappa shape index (κ1) is 17.3. The van der Waals surface area contributed by atoms with Crippen LogP contribution in [0, 0.1) is 23.2 Å². The van der Waals surface area contributed by atoms with Crippen LogP contribution < -0.4 is 11.1 Å². The van der Waals surface area contributed by atoms with Gasteiger partial charge in [-0.05, 0) is 23.0 Å². The highest BCUT2D eigenvalue weighted by atomic mass is 16.1. The molecule has 0 aliphatic heterocycles. The lowest BCUT2D eigenvalue weighted by molar-refractivity contribution is -0.122. The molecule has 1 aromatic rings. The smallest absolute Gasteiger partial charge is 0.220 e. The van der Waals surface area contributed by atoms with Crippen LogP contribution in [-0.2, 0) is 11.3 Å². The van der Waals surface area contributed by atoms with Gasteiger partial charge in [-0.1, -0.05) is 57.7 Å². The first-order valence-electron chi connectivity index (χ1n) is 7.38. The Morgan fingerprint density at radius 2 is 2.00 bits per heavy atom. The number of rotatable bonds is 4. The summed E-state index contributed by atoms with van der Waals surface area (Å²) in [6.07, 6.45) is 0.542. The molecule has 1 atom stereocenters. The second-order valence-electron chi connectivity index (χ2n) is 6.41. The van der Waals surface area contributed by atoms with E-state index in [0.29, 0.717) is 25.4 Å². The van der Waals surface area contributed by atoms with Crippen LogP contribution in [0.2, 0.25) is 0 Å². The van der Waals surface area contributed by atoms with Gasteiger partial charge in [-0.3, -0.25) is 4.79 Å². The summed E-state index contributed by atoms with van der Waals surface area (Å²) in [7, 11) is 0. The molecule has 0 aliphatic carbocycles. The number of hydrogen-bond donors (Lipinski definition) is 2. The Kier molecular flexibility index (Phi) is 6.45. The number of nitrogens with one attached hydrogen (secondary N) is 1. The summed E-state index contributed by atoms with van der Waals surface area (Å²) in [6.45, 7) is 9.42. The molecule has 0 heterocycles. The maximum Gasteiger partial charge on any atom is 0.220 e. The Morgan fingerprint density at radius 3 is 2.62 bits per heavy atom. The first-order chi connectivity index (χ1) is 9.84. The van der Waals surface area contributed by atoms with Gasteiger partial charge in [0.2, 0.25) is 5.91 Å². The van der Waals surface area contributed by atoms with Crippen molar-refractivity contribution in [2.45, 2.75) is 40.7 Å². The quantitative estimate of drug-likeness (QED) is 0.836. The Hall–Kier alpha value is -1.79. The maximum atomic E-state index is 12.0. The molecule has 0 spiro atoms. The Balaban J connectivity index is 2.62. The lowest BCUT2D eigenvalue weighted by Gasteiger charge is -2.26. The van der Waals surface area contributed by atoms with E-state index in [9.17, 15) is 4.79 Å². The van der Waals surface area contributed by atoms with Crippen molar-refractivity contribution in [1.29, 1.82) is 0 Å². The van der Waals surface area contributed by atoms with Crippen molar-refractivity contribution in [3.05, 3.63) is 35.4 Å². The molecule has 21 heavy (non-hydrogen) atoms. The van der Waals surface area contributed by atoms with Gasteiger partial charge < -0.3 is 11.1 Å². The molecule has 1 rings (SSSR count). The van der Waals surface area contributed by atoms with E-state index in [1.54, 1.807) is 0 Å². The van der Waals surface area contributed by atoms with Gasteiger partial charge in [-0.15, -0.1) is 0 Å². The van der Waals surface area contributed by atoms with E-state index < -0.39 is 0 Å². The van der Waals surface area contributed by atoms with Gasteiger partial charge in [-0.25, -0.2) is 0 Å². The molecular formula is C18H26N2O. The second-order valence-corrected chi connectivity index (χ2v) is 6.41. The lowest BCUT2D eigenvalue weighted by Crippen LogP contribution is -2.29. The standard InChI is InChI=1S/C18H26N2O/c1-14(18(2,3)4)12-17(21)20-13-16-9-6-5-8-15(16)10-7-11-19/h5-6,8-9,14H,11-13,19H2,1-4H3,(H,20,21). The van der Waals surface area contributed by atoms with E-state index in [0.717, 1.165) is 11.1 Å². The average Bonchev–Trinajstić information content (AvgIpc) is 2.42. The van der Waals surface area contributed by atoms with E-state index in [2.05, 4.69) is 44.9 Å². The summed E-state index contributed by atoms with van der Waals surface area (Å²) >= 11 is 0. The van der Waals surface area contributed by atoms with Gasteiger partial charge in [0.1, 0.15) is 0 Å². The van der Waals surface area contributed by atoms with Gasteiger partial charge in [0, 0.05) is 18.5 Å². The number of hydrogen-bond acceptors (Lipinski definition) is 2. The zero-order chi connectivity index (χ0) is 15.9. The largest absolute Gasteiger partial charge is 0.352 e. The van der Waals surface area contributed by atoms with Crippen LogP contribution >= 0.6 is 0 Å². The minimum atomic E-state index is 0.0824. The molecule has 1 amide bonds. The van der Waals surface area contributed by atoms with Crippen molar-refractivity contribution in [3.63, 3.8) is 0 Å². The number of amides is 1. The third-order valence-corrected chi connectivity index (χ3v) is 3.79. The summed E-state index contributed by atoms with van der Waals surface area (Å²) in [5.41, 5.74) is 7.49. The highest BCUT2D eigenvalue weighted by molar-refractivity contribution is 5.76. The van der Waals surface area contributed by atoms with Gasteiger partial charge >= 0.3 is 0 Å². The van der Waals surface area contributed by atoms with Crippen LogP contribution in [0.3, 0.4) is 0 Å². The molecule has 114 valence electrons. The van der Waals surface area contributed by atoms with Crippen molar-refractivity contribution in [1.82, 2.24) is 5.32 Å². The van der Waals surface area contributed by atoms with Crippen molar-refractivity contribution in [2.75, 3.05) is 6.54 Å². The van der Waals surface area contributed by atoms with E-state index in [-0.39, 0.29) is 11.3 Å². The predicted octanol–water partition coefficient (Wildman–Crippen LogP) is 2.69. The molecule has 0 aliphatic rings. The lowest BCUT2D eigenvalue weighted by atomic mass is 9.80. The van der Waals surface area contributed by atoms with Crippen LogP contribution in [0.4, 0.5) is 0 Å². The normalized spacial score (nSPS) is 12.2. The van der Waals surface area contributed by atoms with Gasteiger partial charge in [-0.2, -0.15) is 0 Å². The molecule has 0 fully saturated rings. The van der Waals surface area contributed by atoms with Gasteiger partial charge in [0.15, 0.2) is 0 Å². The molecule has 3 heteroatoms. The first-order valence-corrected chi connectivity index (χ1v) is 7.38. The monoisotopic (exact) mass is 286 g/mol. The predicted molar refractivity (Wildman–Crippen MR) is 87.5 cm³/mol. The average molecular weight is 286 g/mol. The Labute approximate surface area is 128 Å². The number of carbonyl (C=O) groups excluding carboxylic acids is 1. The molecule has 0 aromatic heterocycles. The molecule has 1 unspecified atom stereocenters. The minimum Gasteiger partial charge on any atom is -0.352 e. The van der Waals surface area contributed by atoms with E-state index in [4.69, 9.17) is 5.73 Å². The molecule has 1 aromatic carbocycles. The van der Waals surface area contributed by atoms with Crippen molar-refractivity contribution < 1.29 is 4.79 Å². The molecular weight excluding hydrogens is 260 g/mol. The van der Waals surface area contributed by atoms with Crippen molar-refractivity contribution in [3.8, 4) is 11.8 Å². The van der Waals surface area contributed by atoms with Crippen LogP contribution in [0.15, 0.2) is 24.3 Å². The fourth-order valence-corrected chi connectivity index (χ4v) is 1.79. The molecule has 0 radical (unpaired) electrons. The van der Waals surface area contributed by atoms with Crippen molar-refractivity contribution >= 4 is 5.91 Å². The van der Waals surface area contributed by atoms with Gasteiger partial charge in [0.05, 0.1) is 6.54 Å². The molecule has 3 N–H and O–H groups in total. The third kappa shape index (κ3) is 6.01. The number of benzene rings is 1. The van der Waals surface area contributed by atoms with Crippen molar-refractivity contribution in [2.24, 2.45) is 17.1 Å². The topological polar surface area (TPSA) is 55.1 Å². The van der Waals surface area contributed by atoms with Crippen LogP contribution in [-0.4, -0.2) is 12.5 Å². The fourth-order valence-electron chi connectivity index (χ4n) is 1.79. The maximum absolute atomic E-state index is 12.0. The Bertz CT molecular complexity index is 532. The Morgan fingerprint density at radius 1 is 1.33 bits per heavy atom. The zero-order valence-electron chi connectivity index (χ0n) is 13.5. The highest BCUT2D eigenvalue weighted by Crippen LogP contribution is 2.27. The van der Waals surface area contributed by atoms with Crippen LogP contribution in [0.5, 0.6) is 0 Å².